The number of phenolic OH excluding ortho intramolecular Hbond substituents is 1. The standard InChI is InChI=1S/C28H44O4/c1-20(2)10-9-17-28(6,31)26(29)16-14-22(4)12-8-11-21(3)13-15-24-19-25(32-7)18-23(5)27(24)30/h10,12-13,18-19,26,29-31H,8-9,11,14-17H2,1-7H3/b21-13+,22-12+/t26-,28+/m0/s1. The first-order valence-corrected chi connectivity index (χ1v) is 11.7. The lowest BCUT2D eigenvalue weighted by Gasteiger charge is -2.29. The average Bonchev–Trinajstić information content (AvgIpc) is 2.72. The van der Waals surface area contributed by atoms with E-state index in [2.05, 4.69) is 32.1 Å². The molecule has 0 amide bonds. The maximum Gasteiger partial charge on any atom is 0.122 e. The second-order valence-electron chi connectivity index (χ2n) is 9.53. The number of aliphatic hydroxyl groups excluding tert-OH is 1. The third-order valence-electron chi connectivity index (χ3n) is 6.02. The van der Waals surface area contributed by atoms with Gasteiger partial charge in [-0.15, -0.1) is 0 Å². The molecule has 0 saturated heterocycles. The summed E-state index contributed by atoms with van der Waals surface area (Å²) < 4.78 is 5.30. The summed E-state index contributed by atoms with van der Waals surface area (Å²) in [6, 6.07) is 3.72. The van der Waals surface area contributed by atoms with Crippen molar-refractivity contribution in [2.75, 3.05) is 7.11 Å². The zero-order valence-electron chi connectivity index (χ0n) is 21.2. The quantitative estimate of drug-likeness (QED) is 0.301. The molecule has 2 atom stereocenters. The van der Waals surface area contributed by atoms with Crippen LogP contribution in [0.3, 0.4) is 0 Å². The van der Waals surface area contributed by atoms with Crippen molar-refractivity contribution in [2.24, 2.45) is 0 Å². The van der Waals surface area contributed by atoms with E-state index in [0.29, 0.717) is 25.0 Å². The van der Waals surface area contributed by atoms with Crippen LogP contribution in [0.4, 0.5) is 0 Å². The maximum absolute atomic E-state index is 10.5. The fourth-order valence-corrected chi connectivity index (χ4v) is 3.62. The van der Waals surface area contributed by atoms with Gasteiger partial charge in [0.05, 0.1) is 18.8 Å². The largest absolute Gasteiger partial charge is 0.507 e. The molecule has 0 aromatic heterocycles. The number of aromatic hydroxyl groups is 1. The van der Waals surface area contributed by atoms with Gasteiger partial charge in [0.2, 0.25) is 0 Å². The van der Waals surface area contributed by atoms with Gasteiger partial charge < -0.3 is 20.1 Å². The SMILES string of the molecule is COc1cc(C)c(O)c(C/C=C(\C)CC/C=C(\C)CC[C@H](O)[C@](C)(O)CCC=C(C)C)c1. The molecule has 0 aliphatic carbocycles. The second-order valence-corrected chi connectivity index (χ2v) is 9.53. The number of phenols is 1. The summed E-state index contributed by atoms with van der Waals surface area (Å²) in [4.78, 5) is 0. The lowest BCUT2D eigenvalue weighted by molar-refractivity contribution is -0.0691. The number of aliphatic hydroxyl groups is 2. The van der Waals surface area contributed by atoms with E-state index in [-0.39, 0.29) is 0 Å². The van der Waals surface area contributed by atoms with Gasteiger partial charge in [-0.2, -0.15) is 0 Å². The number of methoxy groups -OCH3 is 1. The number of aryl methyl sites for hydroxylation is 1. The number of rotatable bonds is 13. The van der Waals surface area contributed by atoms with Gasteiger partial charge in [-0.25, -0.2) is 0 Å². The minimum Gasteiger partial charge on any atom is -0.507 e. The highest BCUT2D eigenvalue weighted by Gasteiger charge is 2.28. The van der Waals surface area contributed by atoms with E-state index >= 15 is 0 Å². The first-order valence-electron chi connectivity index (χ1n) is 11.7. The number of benzene rings is 1. The van der Waals surface area contributed by atoms with Crippen molar-refractivity contribution >= 4 is 0 Å². The Kier molecular flexibility index (Phi) is 11.8. The van der Waals surface area contributed by atoms with Crippen LogP contribution in [0.1, 0.15) is 84.3 Å². The summed E-state index contributed by atoms with van der Waals surface area (Å²) >= 11 is 0. The Hall–Kier alpha value is -2.04. The predicted octanol–water partition coefficient (Wildman–Crippen LogP) is 6.56. The van der Waals surface area contributed by atoms with Crippen molar-refractivity contribution in [1.82, 2.24) is 0 Å². The van der Waals surface area contributed by atoms with Gasteiger partial charge in [-0.3, -0.25) is 0 Å². The Morgan fingerprint density at radius 3 is 2.31 bits per heavy atom. The monoisotopic (exact) mass is 444 g/mol. The van der Waals surface area contributed by atoms with Crippen LogP contribution in [0.15, 0.2) is 47.1 Å². The Morgan fingerprint density at radius 2 is 1.69 bits per heavy atom. The lowest BCUT2D eigenvalue weighted by Crippen LogP contribution is -2.39. The predicted molar refractivity (Wildman–Crippen MR) is 134 cm³/mol. The summed E-state index contributed by atoms with van der Waals surface area (Å²) in [6.07, 6.45) is 11.0. The van der Waals surface area contributed by atoms with Crippen LogP contribution in [-0.2, 0) is 6.42 Å². The molecule has 4 heteroatoms. The Balaban J connectivity index is 2.50. The normalized spacial score (nSPS) is 15.3. The molecule has 0 aliphatic rings. The van der Waals surface area contributed by atoms with Crippen LogP contribution < -0.4 is 4.74 Å². The van der Waals surface area contributed by atoms with Crippen LogP contribution in [0, 0.1) is 6.92 Å². The highest BCUT2D eigenvalue weighted by molar-refractivity contribution is 5.46. The lowest BCUT2D eigenvalue weighted by atomic mass is 9.89. The number of ether oxygens (including phenoxy) is 1. The molecule has 0 heterocycles. The van der Waals surface area contributed by atoms with Gasteiger partial charge in [0.25, 0.3) is 0 Å². The smallest absolute Gasteiger partial charge is 0.122 e. The molecule has 32 heavy (non-hydrogen) atoms. The van der Waals surface area contributed by atoms with E-state index in [1.54, 1.807) is 14.0 Å². The molecule has 0 radical (unpaired) electrons. The summed E-state index contributed by atoms with van der Waals surface area (Å²) in [7, 11) is 1.63. The number of allylic oxidation sites excluding steroid dienone is 6. The van der Waals surface area contributed by atoms with Crippen molar-refractivity contribution in [3.63, 3.8) is 0 Å². The van der Waals surface area contributed by atoms with Gasteiger partial charge in [0, 0.05) is 5.56 Å². The molecule has 4 nitrogen and oxygen atoms in total. The van der Waals surface area contributed by atoms with Crippen molar-refractivity contribution < 1.29 is 20.1 Å². The zero-order valence-corrected chi connectivity index (χ0v) is 21.2. The molecule has 0 spiro atoms. The Labute approximate surface area is 195 Å². The maximum atomic E-state index is 10.5. The van der Waals surface area contributed by atoms with E-state index in [1.165, 1.54) is 16.7 Å². The third kappa shape index (κ3) is 10.1. The van der Waals surface area contributed by atoms with Crippen LogP contribution in [0.5, 0.6) is 11.5 Å². The molecule has 0 aliphatic heterocycles. The average molecular weight is 445 g/mol. The minimum absolute atomic E-state index is 0.334. The van der Waals surface area contributed by atoms with Gasteiger partial charge in [0.1, 0.15) is 11.5 Å². The summed E-state index contributed by atoms with van der Waals surface area (Å²) in [5, 5.41) is 31.3. The molecule has 180 valence electrons. The first-order chi connectivity index (χ1) is 15.0. The Morgan fingerprint density at radius 1 is 1.03 bits per heavy atom. The molecule has 0 bridgehead atoms. The molecule has 3 N–H and O–H groups in total. The third-order valence-corrected chi connectivity index (χ3v) is 6.02. The van der Waals surface area contributed by atoms with E-state index < -0.39 is 11.7 Å². The highest BCUT2D eigenvalue weighted by atomic mass is 16.5. The topological polar surface area (TPSA) is 69.9 Å². The first kappa shape index (κ1) is 28.0. The summed E-state index contributed by atoms with van der Waals surface area (Å²) in [6.45, 7) is 11.9. The van der Waals surface area contributed by atoms with Gasteiger partial charge in [-0.1, -0.05) is 34.9 Å². The second kappa shape index (κ2) is 13.5. The fraction of sp³-hybridized carbons (Fsp3) is 0.571. The van der Waals surface area contributed by atoms with Crippen molar-refractivity contribution in [1.29, 1.82) is 0 Å². The number of hydrogen-bond donors (Lipinski definition) is 3. The molecule has 1 aromatic rings. The van der Waals surface area contributed by atoms with E-state index in [4.69, 9.17) is 4.74 Å². The molecular formula is C28H44O4. The molecule has 0 fully saturated rings. The Bertz CT molecular complexity index is 811. The zero-order chi connectivity index (χ0) is 24.3. The molecule has 0 unspecified atom stereocenters. The summed E-state index contributed by atoms with van der Waals surface area (Å²) in [5.74, 6) is 1.10. The van der Waals surface area contributed by atoms with Crippen molar-refractivity contribution in [2.45, 2.75) is 98.2 Å². The van der Waals surface area contributed by atoms with Crippen LogP contribution in [0.2, 0.25) is 0 Å². The van der Waals surface area contributed by atoms with Crippen molar-refractivity contribution in [3.05, 3.63) is 58.2 Å². The van der Waals surface area contributed by atoms with Crippen LogP contribution in [-0.4, -0.2) is 34.1 Å². The molecular weight excluding hydrogens is 400 g/mol. The highest BCUT2D eigenvalue weighted by Crippen LogP contribution is 2.29. The van der Waals surface area contributed by atoms with Crippen molar-refractivity contribution in [3.8, 4) is 11.5 Å². The van der Waals surface area contributed by atoms with E-state index in [0.717, 1.165) is 42.6 Å². The van der Waals surface area contributed by atoms with Crippen LogP contribution >= 0.6 is 0 Å². The van der Waals surface area contributed by atoms with Gasteiger partial charge >= 0.3 is 0 Å². The van der Waals surface area contributed by atoms with Gasteiger partial charge in [-0.05, 0) is 104 Å². The van der Waals surface area contributed by atoms with E-state index in [9.17, 15) is 15.3 Å². The molecule has 1 rings (SSSR count). The fourth-order valence-electron chi connectivity index (χ4n) is 3.62. The molecule has 1 aromatic carbocycles. The number of hydrogen-bond acceptors (Lipinski definition) is 4. The molecule has 0 saturated carbocycles. The minimum atomic E-state index is -1.06. The van der Waals surface area contributed by atoms with Crippen LogP contribution in [0.25, 0.3) is 0 Å². The van der Waals surface area contributed by atoms with Gasteiger partial charge in [0.15, 0.2) is 0 Å². The summed E-state index contributed by atoms with van der Waals surface area (Å²) in [5.41, 5.74) is 4.37. The van der Waals surface area contributed by atoms with E-state index in [1.807, 2.05) is 32.9 Å².